The molecule has 0 bridgehead atoms. The molecule has 0 fully saturated rings. The van der Waals surface area contributed by atoms with Crippen LogP contribution in [0.1, 0.15) is 23.4 Å². The fraction of sp³-hybridized carbons (Fsp3) is 0.182. The number of nitriles is 1. The van der Waals surface area contributed by atoms with E-state index in [4.69, 9.17) is 5.73 Å². The minimum absolute atomic E-state index is 0.253. The van der Waals surface area contributed by atoms with Crippen molar-refractivity contribution >= 4 is 22.7 Å². The number of anilines is 2. The first-order chi connectivity index (χ1) is 14.6. The number of rotatable bonds is 6. The summed E-state index contributed by atoms with van der Waals surface area (Å²) in [6, 6.07) is 15.7. The Morgan fingerprint density at radius 2 is 1.80 bits per heavy atom. The zero-order valence-corrected chi connectivity index (χ0v) is 16.4. The van der Waals surface area contributed by atoms with Gasteiger partial charge in [-0.1, -0.05) is 12.1 Å². The number of benzene rings is 2. The number of para-hydroxylation sites is 2. The van der Waals surface area contributed by atoms with Gasteiger partial charge < -0.3 is 11.1 Å². The Labute approximate surface area is 173 Å². The number of fused-ring (bicyclic) bond motifs is 1. The third-order valence-electron chi connectivity index (χ3n) is 4.80. The van der Waals surface area contributed by atoms with Crippen LogP contribution in [0.4, 0.5) is 16.0 Å². The Bertz CT molecular complexity index is 1240. The summed E-state index contributed by atoms with van der Waals surface area (Å²) in [4.78, 5) is 9.19. The van der Waals surface area contributed by atoms with Gasteiger partial charge in [0, 0.05) is 6.54 Å². The van der Waals surface area contributed by atoms with Crippen LogP contribution in [-0.2, 0) is 6.42 Å². The Balaban J connectivity index is 1.45. The molecule has 2 aromatic heterocycles. The molecule has 4 rings (SSSR count). The lowest BCUT2D eigenvalue weighted by molar-refractivity contribution is 0.627. The van der Waals surface area contributed by atoms with E-state index in [9.17, 15) is 9.65 Å². The Kier molecular flexibility index (Phi) is 5.26. The van der Waals surface area contributed by atoms with Gasteiger partial charge in [-0.3, -0.25) is 0 Å². The van der Waals surface area contributed by atoms with Crippen molar-refractivity contribution < 1.29 is 4.39 Å². The highest BCUT2D eigenvalue weighted by Gasteiger charge is 2.16. The van der Waals surface area contributed by atoms with Crippen LogP contribution in [0.25, 0.3) is 16.7 Å². The van der Waals surface area contributed by atoms with Crippen molar-refractivity contribution in [3.05, 3.63) is 71.3 Å². The van der Waals surface area contributed by atoms with Crippen molar-refractivity contribution in [1.29, 1.82) is 5.26 Å². The van der Waals surface area contributed by atoms with Gasteiger partial charge in [-0.25, -0.2) is 19.0 Å². The quantitative estimate of drug-likeness (QED) is 0.477. The molecule has 0 saturated carbocycles. The summed E-state index contributed by atoms with van der Waals surface area (Å²) in [6.07, 6.45) is 1.29. The van der Waals surface area contributed by atoms with E-state index in [0.717, 1.165) is 29.0 Å². The van der Waals surface area contributed by atoms with Gasteiger partial charge in [0.15, 0.2) is 0 Å². The van der Waals surface area contributed by atoms with E-state index in [2.05, 4.69) is 26.5 Å². The minimum atomic E-state index is -0.344. The van der Waals surface area contributed by atoms with Gasteiger partial charge in [-0.2, -0.15) is 10.4 Å². The molecule has 0 atom stereocenters. The molecule has 0 aliphatic heterocycles. The maximum atomic E-state index is 13.2. The Morgan fingerprint density at radius 1 is 1.10 bits per heavy atom. The SMILES string of the molecule is Cc1nc2ccccc2nc1NCCCc1nn(-c2ccc(F)cc2)c(N)c1C#N. The van der Waals surface area contributed by atoms with Crippen LogP contribution < -0.4 is 11.1 Å². The predicted octanol–water partition coefficient (Wildman–Crippen LogP) is 3.76. The van der Waals surface area contributed by atoms with Gasteiger partial charge in [0.1, 0.15) is 29.1 Å². The van der Waals surface area contributed by atoms with Crippen molar-refractivity contribution in [2.45, 2.75) is 19.8 Å². The molecular formula is C22H20FN7. The standard InChI is InChI=1S/C22H20FN7/c1-14-22(28-20-6-3-2-5-19(20)27-14)26-12-4-7-18-17(13-24)21(25)30(29-18)16-10-8-15(23)9-11-16/h2-3,5-6,8-11H,4,7,12,25H2,1H3,(H,26,28). The number of aromatic nitrogens is 4. The lowest BCUT2D eigenvalue weighted by atomic mass is 10.1. The summed E-state index contributed by atoms with van der Waals surface area (Å²) in [5, 5.41) is 17.3. The average molecular weight is 401 g/mol. The number of nitrogen functional groups attached to an aromatic ring is 1. The van der Waals surface area contributed by atoms with Crippen LogP contribution >= 0.6 is 0 Å². The van der Waals surface area contributed by atoms with Crippen LogP contribution in [0.2, 0.25) is 0 Å². The van der Waals surface area contributed by atoms with Gasteiger partial charge in [0.05, 0.1) is 28.1 Å². The largest absolute Gasteiger partial charge is 0.382 e. The summed E-state index contributed by atoms with van der Waals surface area (Å²) in [5.74, 6) is 0.650. The topological polar surface area (TPSA) is 105 Å². The maximum Gasteiger partial charge on any atom is 0.148 e. The molecule has 3 N–H and O–H groups in total. The van der Waals surface area contributed by atoms with Gasteiger partial charge in [-0.15, -0.1) is 0 Å². The fourth-order valence-electron chi connectivity index (χ4n) is 3.27. The molecule has 0 spiro atoms. The minimum Gasteiger partial charge on any atom is -0.382 e. The van der Waals surface area contributed by atoms with Crippen molar-refractivity contribution in [3.8, 4) is 11.8 Å². The van der Waals surface area contributed by atoms with Crippen LogP contribution in [0.5, 0.6) is 0 Å². The third-order valence-corrected chi connectivity index (χ3v) is 4.80. The summed E-state index contributed by atoms with van der Waals surface area (Å²) < 4.78 is 14.7. The van der Waals surface area contributed by atoms with Crippen LogP contribution in [0, 0.1) is 24.1 Å². The monoisotopic (exact) mass is 401 g/mol. The Morgan fingerprint density at radius 3 is 2.50 bits per heavy atom. The van der Waals surface area contributed by atoms with Gasteiger partial charge in [-0.05, 0) is 56.2 Å². The number of hydrogen-bond acceptors (Lipinski definition) is 6. The number of nitrogens with one attached hydrogen (secondary N) is 1. The zero-order valence-electron chi connectivity index (χ0n) is 16.4. The third kappa shape index (κ3) is 3.78. The zero-order chi connectivity index (χ0) is 21.1. The van der Waals surface area contributed by atoms with E-state index in [-0.39, 0.29) is 11.6 Å². The number of halogens is 1. The molecule has 0 amide bonds. The lowest BCUT2D eigenvalue weighted by Gasteiger charge is -2.09. The van der Waals surface area contributed by atoms with Crippen molar-refractivity contribution in [2.75, 3.05) is 17.6 Å². The van der Waals surface area contributed by atoms with Gasteiger partial charge >= 0.3 is 0 Å². The van der Waals surface area contributed by atoms with Crippen LogP contribution in [0.3, 0.4) is 0 Å². The fourth-order valence-corrected chi connectivity index (χ4v) is 3.27. The van der Waals surface area contributed by atoms with E-state index in [1.165, 1.54) is 16.8 Å². The molecule has 7 nitrogen and oxygen atoms in total. The summed E-state index contributed by atoms with van der Waals surface area (Å²) in [6.45, 7) is 2.56. The Hall–Kier alpha value is -3.99. The van der Waals surface area contributed by atoms with Crippen molar-refractivity contribution in [1.82, 2.24) is 19.7 Å². The first kappa shape index (κ1) is 19.3. The number of aryl methyl sites for hydroxylation is 2. The van der Waals surface area contributed by atoms with Crippen molar-refractivity contribution in [3.63, 3.8) is 0 Å². The van der Waals surface area contributed by atoms with Crippen LogP contribution in [-0.4, -0.2) is 26.3 Å². The predicted molar refractivity (Wildman–Crippen MR) is 114 cm³/mol. The highest BCUT2D eigenvalue weighted by molar-refractivity contribution is 5.76. The molecular weight excluding hydrogens is 381 g/mol. The molecule has 30 heavy (non-hydrogen) atoms. The summed E-state index contributed by atoms with van der Waals surface area (Å²) in [5.41, 5.74) is 10.2. The molecule has 0 saturated heterocycles. The molecule has 0 radical (unpaired) electrons. The molecule has 0 aliphatic rings. The number of nitrogens with two attached hydrogens (primary N) is 1. The molecule has 4 aromatic rings. The summed E-state index contributed by atoms with van der Waals surface area (Å²) in [7, 11) is 0. The number of hydrogen-bond donors (Lipinski definition) is 2. The van der Waals surface area contributed by atoms with E-state index in [1.54, 1.807) is 12.1 Å². The van der Waals surface area contributed by atoms with Crippen molar-refractivity contribution in [2.24, 2.45) is 0 Å². The highest BCUT2D eigenvalue weighted by Crippen LogP contribution is 2.22. The van der Waals surface area contributed by atoms with Crippen LogP contribution in [0.15, 0.2) is 48.5 Å². The van der Waals surface area contributed by atoms with Gasteiger partial charge in [0.2, 0.25) is 0 Å². The molecule has 0 unspecified atom stereocenters. The van der Waals surface area contributed by atoms with E-state index >= 15 is 0 Å². The maximum absolute atomic E-state index is 13.2. The molecule has 2 aromatic carbocycles. The van der Waals surface area contributed by atoms with Gasteiger partial charge in [0.25, 0.3) is 0 Å². The first-order valence-electron chi connectivity index (χ1n) is 9.57. The lowest BCUT2D eigenvalue weighted by Crippen LogP contribution is -2.08. The van der Waals surface area contributed by atoms with E-state index in [1.807, 2.05) is 31.2 Å². The average Bonchev–Trinajstić information content (AvgIpc) is 3.07. The molecule has 2 heterocycles. The second-order valence-corrected chi connectivity index (χ2v) is 6.88. The molecule has 150 valence electrons. The highest BCUT2D eigenvalue weighted by atomic mass is 19.1. The smallest absolute Gasteiger partial charge is 0.148 e. The normalized spacial score (nSPS) is 10.8. The second kappa shape index (κ2) is 8.17. The first-order valence-corrected chi connectivity index (χ1v) is 9.57. The van der Waals surface area contributed by atoms with E-state index < -0.39 is 0 Å². The number of nitrogens with zero attached hydrogens (tertiary/aromatic N) is 5. The molecule has 8 heteroatoms. The second-order valence-electron chi connectivity index (χ2n) is 6.88. The summed E-state index contributed by atoms with van der Waals surface area (Å²) >= 11 is 0. The van der Waals surface area contributed by atoms with E-state index in [0.29, 0.717) is 29.9 Å². The molecule has 0 aliphatic carbocycles.